The lowest BCUT2D eigenvalue weighted by atomic mass is 9.44. The molecule has 3 aromatic rings. The van der Waals surface area contributed by atoms with E-state index in [1.54, 1.807) is 89.0 Å². The highest BCUT2D eigenvalue weighted by Crippen LogP contribution is 2.67. The van der Waals surface area contributed by atoms with E-state index in [4.69, 9.17) is 16.2 Å². The van der Waals surface area contributed by atoms with Crippen LogP contribution in [0.2, 0.25) is 0 Å². The number of aromatic nitrogens is 1. The number of aliphatic carboxylic acids is 2. The molecule has 2 heterocycles. The number of aromatic amines is 1. The number of carbonyl (C=O) groups excluding carboxylic acids is 13. The predicted octanol–water partition coefficient (Wildman–Crippen LogP) is 1.82. The van der Waals surface area contributed by atoms with Gasteiger partial charge >= 0.3 is 11.9 Å². The first-order valence-electron chi connectivity index (χ1n) is 43.2. The summed E-state index contributed by atoms with van der Waals surface area (Å²) in [7, 11) is 0. The molecule has 4 saturated carbocycles. The molecule has 1 aromatic heterocycles. The summed E-state index contributed by atoms with van der Waals surface area (Å²) >= 11 is 0. The zero-order chi connectivity index (χ0) is 89.8. The number of aliphatic hydroxyl groups is 3. The number of benzene rings is 2. The van der Waals surface area contributed by atoms with E-state index < -0.39 is 187 Å². The van der Waals surface area contributed by atoms with Crippen LogP contribution in [0.5, 0.6) is 0 Å². The van der Waals surface area contributed by atoms with Gasteiger partial charge in [-0.05, 0) is 186 Å². The highest BCUT2D eigenvalue weighted by molar-refractivity contribution is 6.00. The lowest BCUT2D eigenvalue weighted by molar-refractivity contribution is -0.146. The average molecular weight is 1710 g/mol. The Hall–Kier alpha value is -10.1. The smallest absolute Gasteiger partial charge is 0.326 e. The van der Waals surface area contributed by atoms with Crippen molar-refractivity contribution < 1.29 is 102 Å². The summed E-state index contributed by atoms with van der Waals surface area (Å²) in [6.45, 7) is 16.5. The Morgan fingerprint density at radius 1 is 0.549 bits per heavy atom. The molecule has 0 bridgehead atoms. The van der Waals surface area contributed by atoms with Crippen LogP contribution in [0.3, 0.4) is 0 Å². The second-order valence-corrected chi connectivity index (χ2v) is 35.9. The number of nitrogens with two attached hydrogens (primary N) is 2. The standard InChI is InChI=1S/C87H130N14O21/c1-11-47(6)72(81(115)100-74(49(8)104)83(117)95-61(37-46(4)5)77(111)97-64(85(120)121)40-52-42-90-58-21-16-15-20-54(52)58)98-75(109)59(27-29-68(88)105)92-80(114)66-22-17-35-101(66)71(108)30-23-51-31-33-86(9)53(38-51)24-25-55-56-26-28-67(87(56,10)34-32-57(55)86)122-44-70(107)91-65(43-102)79(113)99-73(48(7)103)82(116)94-60(36-45(2)3)76(110)93-62(41-69(89)106)78(112)96-63(84(118)119)39-50-18-13-12-14-19-50/h12-16,18-21,42,45-49,51,53,55-57,59-67,72-74,90,102-104H,11,17,22-41,43-44H2,1-10H3,(H2,88,105)(H2,89,106)(H,91,107)(H,92,114)(H,93,110)(H,94,116)(H,95,117)(H,96,112)(H,97,111)(H,98,109)(H,99,113)(H,100,115)(H,118,119)(H,120,121)/t47-,48+,49+,51?,53?,55?,56?,57?,59-,60-,61-,62-,63-,64-,65-,66-,67?,72-,73-,74-,86+,87+/m0/s1. The molecule has 8 rings (SSSR count). The monoisotopic (exact) mass is 1710 g/mol. The number of rotatable bonds is 45. The Balaban J connectivity index is 0.802. The molecule has 2 aromatic carbocycles. The van der Waals surface area contributed by atoms with Crippen molar-refractivity contribution in [3.8, 4) is 0 Å². The number of para-hydroxylation sites is 1. The minimum absolute atomic E-state index is 0.0399. The third kappa shape index (κ3) is 25.8. The maximum Gasteiger partial charge on any atom is 0.326 e. The van der Waals surface area contributed by atoms with E-state index in [2.05, 4.69) is 72.0 Å². The number of hydrogen-bond acceptors (Lipinski definition) is 19. The number of likely N-dealkylation sites (tertiary alicyclic amines) is 1. The molecule has 13 amide bonds. The number of nitrogens with one attached hydrogen (secondary N) is 11. The van der Waals surface area contributed by atoms with Crippen LogP contribution in [-0.4, -0.2) is 229 Å². The van der Waals surface area contributed by atoms with Gasteiger partial charge in [0, 0.05) is 49.3 Å². The molecular weight excluding hydrogens is 1580 g/mol. The van der Waals surface area contributed by atoms with E-state index in [0.29, 0.717) is 73.4 Å². The van der Waals surface area contributed by atoms with Gasteiger partial charge in [-0.15, -0.1) is 0 Å². The van der Waals surface area contributed by atoms with Crippen molar-refractivity contribution >= 4 is 99.6 Å². The summed E-state index contributed by atoms with van der Waals surface area (Å²) in [4.78, 5) is 208. The Bertz CT molecular complexity index is 4200. The zero-order valence-corrected chi connectivity index (χ0v) is 71.8. The molecule has 5 aliphatic rings. The third-order valence-electron chi connectivity index (χ3n) is 26.1. The molecule has 4 aliphatic carbocycles. The first-order valence-corrected chi connectivity index (χ1v) is 43.2. The molecule has 35 nitrogen and oxygen atoms in total. The van der Waals surface area contributed by atoms with E-state index in [9.17, 15) is 97.5 Å². The van der Waals surface area contributed by atoms with Crippen molar-refractivity contribution in [1.82, 2.24) is 63.1 Å². The van der Waals surface area contributed by atoms with Gasteiger partial charge in [0.25, 0.3) is 0 Å². The van der Waals surface area contributed by atoms with Gasteiger partial charge in [-0.1, -0.05) is 110 Å². The highest BCUT2D eigenvalue weighted by Gasteiger charge is 2.61. The average Bonchev–Trinajstić information content (AvgIpc) is 1.40. The number of carboxylic acids is 2. The van der Waals surface area contributed by atoms with Crippen molar-refractivity contribution in [3.63, 3.8) is 0 Å². The van der Waals surface area contributed by atoms with Gasteiger partial charge in [-0.2, -0.15) is 0 Å². The number of carboxylic acid groups (broad SMARTS) is 2. The lowest BCUT2D eigenvalue weighted by Crippen LogP contribution is -2.62. The van der Waals surface area contributed by atoms with Crippen molar-refractivity contribution in [3.05, 3.63) is 71.9 Å². The van der Waals surface area contributed by atoms with Gasteiger partial charge in [0.1, 0.15) is 73.1 Å². The molecule has 20 N–H and O–H groups in total. The highest BCUT2D eigenvalue weighted by atomic mass is 16.5. The summed E-state index contributed by atoms with van der Waals surface area (Å²) in [6.07, 6.45) is 6.80. The van der Waals surface area contributed by atoms with E-state index in [1.807, 2.05) is 18.2 Å². The fourth-order valence-electron chi connectivity index (χ4n) is 19.3. The molecule has 0 radical (unpaired) electrons. The quantitative estimate of drug-likeness (QED) is 0.0384. The normalized spacial score (nSPS) is 24.3. The number of H-pyrrole nitrogens is 1. The number of aliphatic hydroxyl groups excluding tert-OH is 3. The molecule has 6 unspecified atom stereocenters. The van der Waals surface area contributed by atoms with Gasteiger partial charge in [0.15, 0.2) is 0 Å². The van der Waals surface area contributed by atoms with Crippen LogP contribution in [0.4, 0.5) is 0 Å². The fourth-order valence-corrected chi connectivity index (χ4v) is 19.3. The van der Waals surface area contributed by atoms with Crippen molar-refractivity contribution in [2.45, 2.75) is 289 Å². The molecule has 1 aliphatic heterocycles. The number of primary amides is 2. The van der Waals surface area contributed by atoms with Gasteiger partial charge in [0.05, 0.1) is 31.3 Å². The number of ether oxygens (including phenoxy) is 1. The van der Waals surface area contributed by atoms with Crippen LogP contribution < -0.4 is 64.6 Å². The van der Waals surface area contributed by atoms with Crippen LogP contribution in [-0.2, 0) is 89.5 Å². The van der Waals surface area contributed by atoms with Gasteiger partial charge in [-0.25, -0.2) is 9.59 Å². The zero-order valence-electron chi connectivity index (χ0n) is 71.8. The van der Waals surface area contributed by atoms with Crippen LogP contribution in [0.15, 0.2) is 60.8 Å². The summed E-state index contributed by atoms with van der Waals surface area (Å²) < 4.78 is 6.43. The van der Waals surface area contributed by atoms with Crippen molar-refractivity contribution in [1.29, 1.82) is 0 Å². The SMILES string of the molecule is CC[C@H](C)[C@H](NC(=O)[C@H](CCC(N)=O)NC(=O)[C@@H]1CCCN1C(=O)CCC1CC[C@]2(C)C(CCC3C4CCC(OCC(=O)N[C@@H](CO)C(=O)N[C@H](C(=O)N[C@@H](CC(C)C)C(=O)N[C@@H](CC(N)=O)C(=O)N[C@@H](Cc5ccccc5)C(=O)O)[C@@H](C)O)[C@]4(C)CCC32)C1)C(=O)N[C@H](C(=O)N[C@@H](CC(C)C)C(=O)N[C@@H](Cc1c[nH]c2ccccc12)C(=O)O)[C@@H](C)O. The van der Waals surface area contributed by atoms with Crippen LogP contribution in [0, 0.1) is 58.2 Å². The number of hydrogen-bond donors (Lipinski definition) is 18. The van der Waals surface area contributed by atoms with Gasteiger partial charge < -0.3 is 105 Å². The summed E-state index contributed by atoms with van der Waals surface area (Å²) in [5.74, 6) is -13.0. The number of carbonyl (C=O) groups is 15. The fraction of sp³-hybridized carbons (Fsp3) is 0.667. The first-order chi connectivity index (χ1) is 57.7. The maximum atomic E-state index is 14.4. The van der Waals surface area contributed by atoms with Crippen LogP contribution >= 0.6 is 0 Å². The van der Waals surface area contributed by atoms with Crippen LogP contribution in [0.25, 0.3) is 10.9 Å². The van der Waals surface area contributed by atoms with E-state index in [-0.39, 0.29) is 85.5 Å². The predicted molar refractivity (Wildman–Crippen MR) is 447 cm³/mol. The Labute approximate surface area is 711 Å². The summed E-state index contributed by atoms with van der Waals surface area (Å²) in [6, 6.07) is -0.379. The van der Waals surface area contributed by atoms with Crippen molar-refractivity contribution in [2.75, 3.05) is 19.8 Å². The van der Waals surface area contributed by atoms with Crippen LogP contribution in [0.1, 0.15) is 202 Å². The van der Waals surface area contributed by atoms with Crippen molar-refractivity contribution in [2.24, 2.45) is 69.6 Å². The summed E-state index contributed by atoms with van der Waals surface area (Å²) in [5, 5.41) is 78.4. The second-order valence-electron chi connectivity index (χ2n) is 35.9. The lowest BCUT2D eigenvalue weighted by Gasteiger charge is -2.61. The topological polar surface area (TPSA) is 558 Å². The molecule has 5 fully saturated rings. The Morgan fingerprint density at radius 2 is 1.08 bits per heavy atom. The van der Waals surface area contributed by atoms with E-state index >= 15 is 0 Å². The molecule has 1 saturated heterocycles. The van der Waals surface area contributed by atoms with E-state index in [1.165, 1.54) is 13.8 Å². The minimum atomic E-state index is -1.75. The summed E-state index contributed by atoms with van der Waals surface area (Å²) in [5.41, 5.74) is 12.8. The second kappa shape index (κ2) is 44.3. The maximum absolute atomic E-state index is 14.4. The largest absolute Gasteiger partial charge is 0.480 e. The molecule has 674 valence electrons. The number of nitrogens with zero attached hydrogens (tertiary/aromatic N) is 1. The Morgan fingerprint density at radius 3 is 1.66 bits per heavy atom. The first kappa shape index (κ1) is 97.3. The van der Waals surface area contributed by atoms with E-state index in [0.717, 1.165) is 62.3 Å². The van der Waals surface area contributed by atoms with Gasteiger partial charge in [0.2, 0.25) is 76.8 Å². The molecular formula is C87H130N14O21. The number of amides is 13. The molecule has 22 atom stereocenters. The van der Waals surface area contributed by atoms with Gasteiger partial charge in [-0.3, -0.25) is 62.3 Å². The molecule has 0 spiro atoms. The third-order valence-corrected chi connectivity index (χ3v) is 26.1. The minimum Gasteiger partial charge on any atom is -0.480 e. The molecule has 35 heteroatoms. The molecule has 122 heavy (non-hydrogen) atoms. The Kier molecular flexibility index (Phi) is 35.3. The number of fused-ring (bicyclic) bond motifs is 6.